The molecule has 0 saturated heterocycles. The number of ether oxygens (including phenoxy) is 1. The minimum atomic E-state index is -4.19. The summed E-state index contributed by atoms with van der Waals surface area (Å²) in [6.07, 6.45) is 1.42. The van der Waals surface area contributed by atoms with Crippen molar-refractivity contribution in [1.82, 2.24) is 14.7 Å². The maximum Gasteiger partial charge on any atom is 0.459 e. The molecule has 1 aliphatic rings. The van der Waals surface area contributed by atoms with Gasteiger partial charge in [-0.15, -0.1) is 0 Å². The molecule has 15 heteroatoms. The number of hydrogen-bond donors (Lipinski definition) is 3. The highest BCUT2D eigenvalue weighted by atomic mass is 32.2. The lowest BCUT2D eigenvalue weighted by Gasteiger charge is -2.25. The van der Waals surface area contributed by atoms with E-state index in [1.165, 1.54) is 42.5 Å². The van der Waals surface area contributed by atoms with E-state index in [2.05, 4.69) is 10.4 Å². The zero-order chi connectivity index (χ0) is 35.3. The van der Waals surface area contributed by atoms with Crippen LogP contribution in [0.4, 0.5) is 4.39 Å². The van der Waals surface area contributed by atoms with Crippen LogP contribution in [0.25, 0.3) is 22.3 Å². The monoisotopic (exact) mass is 715 g/mol. The van der Waals surface area contributed by atoms with Crippen LogP contribution in [0.2, 0.25) is 0 Å². The molecule has 262 valence electrons. The summed E-state index contributed by atoms with van der Waals surface area (Å²) in [5.74, 6) is -0.772. The zero-order valence-electron chi connectivity index (χ0n) is 27.5. The van der Waals surface area contributed by atoms with Gasteiger partial charge in [0.25, 0.3) is 5.91 Å². The van der Waals surface area contributed by atoms with E-state index in [4.69, 9.17) is 18.2 Å². The standard InChI is InChI=1S/C34H39FN3O9PS/c1-21(2)45-34(40)22(3)37-48(41,47-27-8-6-5-7-9-27)44-17-16-38(49(42)43)20-25-18-30-29(19-28(25)23-10-11-23)31(33(39)36-4)32(46-30)24-12-14-26(35)15-13-24/h5-9,12-15,18-19,21-23H,10-11,16-17,20H2,1-4H3,(H,36,39)(H,37,41)(H,42,43). The number of amides is 1. The van der Waals surface area contributed by atoms with E-state index in [-0.39, 0.29) is 43.0 Å². The van der Waals surface area contributed by atoms with Crippen molar-refractivity contribution in [3.63, 3.8) is 0 Å². The van der Waals surface area contributed by atoms with E-state index in [1.807, 2.05) is 6.07 Å². The van der Waals surface area contributed by atoms with Crippen molar-refractivity contribution in [2.75, 3.05) is 20.2 Å². The maximum atomic E-state index is 13.9. The first-order valence-electron chi connectivity index (χ1n) is 15.8. The summed E-state index contributed by atoms with van der Waals surface area (Å²) in [5, 5.41) is 5.82. The number of carbonyl (C=O) groups is 2. The Kier molecular flexibility index (Phi) is 11.7. The van der Waals surface area contributed by atoms with Crippen LogP contribution in [0.1, 0.15) is 61.0 Å². The van der Waals surface area contributed by atoms with Gasteiger partial charge >= 0.3 is 13.7 Å². The van der Waals surface area contributed by atoms with Gasteiger partial charge in [0.1, 0.15) is 29.0 Å². The molecule has 1 amide bonds. The van der Waals surface area contributed by atoms with Gasteiger partial charge in [0.15, 0.2) is 0 Å². The Labute approximate surface area is 286 Å². The smallest absolute Gasteiger partial charge is 0.459 e. The lowest BCUT2D eigenvalue weighted by atomic mass is 9.97. The first-order chi connectivity index (χ1) is 23.4. The number of hydrogen-bond acceptors (Lipinski definition) is 8. The van der Waals surface area contributed by atoms with E-state index in [9.17, 15) is 27.3 Å². The second-order valence-electron chi connectivity index (χ2n) is 11.9. The van der Waals surface area contributed by atoms with Gasteiger partial charge in [-0.3, -0.25) is 18.7 Å². The summed E-state index contributed by atoms with van der Waals surface area (Å²) in [4.78, 5) is 25.5. The maximum absolute atomic E-state index is 13.9. The van der Waals surface area contributed by atoms with Gasteiger partial charge in [-0.2, -0.15) is 9.39 Å². The summed E-state index contributed by atoms with van der Waals surface area (Å²) >= 11 is -2.47. The first kappa shape index (κ1) is 36.4. The molecule has 1 heterocycles. The van der Waals surface area contributed by atoms with Crippen LogP contribution in [0.3, 0.4) is 0 Å². The summed E-state index contributed by atoms with van der Waals surface area (Å²) in [7, 11) is -2.68. The molecule has 3 aromatic carbocycles. The number of carbonyl (C=O) groups excluding carboxylic acids is 2. The molecular weight excluding hydrogens is 676 g/mol. The van der Waals surface area contributed by atoms with Crippen molar-refractivity contribution < 1.29 is 45.5 Å². The van der Waals surface area contributed by atoms with Gasteiger partial charge in [0, 0.05) is 31.1 Å². The number of halogens is 1. The number of rotatable bonds is 16. The van der Waals surface area contributed by atoms with Crippen molar-refractivity contribution in [3.05, 3.63) is 89.2 Å². The van der Waals surface area contributed by atoms with Crippen LogP contribution in [-0.4, -0.2) is 57.3 Å². The predicted octanol–water partition coefficient (Wildman–Crippen LogP) is 6.55. The fraction of sp³-hybridized carbons (Fsp3) is 0.353. The highest BCUT2D eigenvalue weighted by Crippen LogP contribution is 2.46. The molecule has 12 nitrogen and oxygen atoms in total. The summed E-state index contributed by atoms with van der Waals surface area (Å²) in [6.45, 7) is 4.37. The van der Waals surface area contributed by atoms with E-state index >= 15 is 0 Å². The quantitative estimate of drug-likeness (QED) is 0.0661. The zero-order valence-corrected chi connectivity index (χ0v) is 29.2. The van der Waals surface area contributed by atoms with Gasteiger partial charge in [-0.05, 0) is 99.2 Å². The van der Waals surface area contributed by atoms with Crippen molar-refractivity contribution in [2.45, 2.75) is 58.2 Å². The number of furan rings is 1. The molecule has 0 radical (unpaired) electrons. The molecule has 0 spiro atoms. The predicted molar refractivity (Wildman–Crippen MR) is 183 cm³/mol. The highest BCUT2D eigenvalue weighted by molar-refractivity contribution is 7.76. The van der Waals surface area contributed by atoms with Crippen LogP contribution >= 0.6 is 7.75 Å². The van der Waals surface area contributed by atoms with Crippen molar-refractivity contribution in [1.29, 1.82) is 0 Å². The number of benzene rings is 3. The van der Waals surface area contributed by atoms with Gasteiger partial charge < -0.3 is 19.0 Å². The van der Waals surface area contributed by atoms with E-state index in [1.54, 1.807) is 50.2 Å². The average Bonchev–Trinajstić information content (AvgIpc) is 3.84. The van der Waals surface area contributed by atoms with E-state index in [0.717, 1.165) is 18.4 Å². The summed E-state index contributed by atoms with van der Waals surface area (Å²) in [6, 6.07) is 16.5. The molecule has 3 unspecified atom stereocenters. The molecular formula is C34H39FN3O9PS. The lowest BCUT2D eigenvalue weighted by Crippen LogP contribution is -2.37. The van der Waals surface area contributed by atoms with Gasteiger partial charge in [-0.1, -0.05) is 18.2 Å². The van der Waals surface area contributed by atoms with Crippen LogP contribution in [0, 0.1) is 5.82 Å². The van der Waals surface area contributed by atoms with E-state index in [0.29, 0.717) is 27.7 Å². The molecule has 1 aromatic heterocycles. The van der Waals surface area contributed by atoms with Crippen molar-refractivity contribution >= 4 is 41.9 Å². The minimum absolute atomic E-state index is 0.00940. The Morgan fingerprint density at radius 3 is 2.41 bits per heavy atom. The molecule has 3 atom stereocenters. The molecule has 1 saturated carbocycles. The molecule has 4 aromatic rings. The lowest BCUT2D eigenvalue weighted by molar-refractivity contribution is -0.149. The largest absolute Gasteiger partial charge is 0.462 e. The third-order valence-electron chi connectivity index (χ3n) is 7.72. The fourth-order valence-corrected chi connectivity index (χ4v) is 7.23. The molecule has 0 aliphatic heterocycles. The van der Waals surface area contributed by atoms with Crippen molar-refractivity contribution in [2.24, 2.45) is 0 Å². The topological polar surface area (TPSA) is 157 Å². The van der Waals surface area contributed by atoms with Crippen molar-refractivity contribution in [3.8, 4) is 17.1 Å². The Hall–Kier alpha value is -3.91. The summed E-state index contributed by atoms with van der Waals surface area (Å²) < 4.78 is 74.4. The molecule has 1 aliphatic carbocycles. The second kappa shape index (κ2) is 15.8. The molecule has 5 rings (SSSR count). The second-order valence-corrected chi connectivity index (χ2v) is 14.6. The molecule has 49 heavy (non-hydrogen) atoms. The van der Waals surface area contributed by atoms with Crippen LogP contribution in [-0.2, 0) is 36.4 Å². The Bertz CT molecular complexity index is 1870. The number of esters is 1. The third-order valence-corrected chi connectivity index (χ3v) is 10.2. The molecule has 1 fully saturated rings. The molecule has 0 bridgehead atoms. The number of para-hydroxylation sites is 1. The Morgan fingerprint density at radius 2 is 1.80 bits per heavy atom. The SMILES string of the molecule is CNC(=O)c1c(-c2ccc(F)cc2)oc2cc(CN(CCOP(=O)(NC(C)C(=O)OC(C)C)Oc3ccccc3)S(=O)O)c(C3CC3)cc12. The normalized spacial score (nSPS) is 15.6. The summed E-state index contributed by atoms with van der Waals surface area (Å²) in [5.41, 5.74) is 2.81. The Balaban J connectivity index is 1.40. The van der Waals surface area contributed by atoms with Crippen LogP contribution < -0.4 is 14.9 Å². The number of nitrogens with zero attached hydrogens (tertiary/aromatic N) is 1. The van der Waals surface area contributed by atoms with Gasteiger partial charge in [-0.25, -0.2) is 13.2 Å². The minimum Gasteiger partial charge on any atom is -0.462 e. The van der Waals surface area contributed by atoms with Crippen LogP contribution in [0.15, 0.2) is 71.1 Å². The van der Waals surface area contributed by atoms with Gasteiger partial charge in [0.2, 0.25) is 11.3 Å². The van der Waals surface area contributed by atoms with Crippen LogP contribution in [0.5, 0.6) is 5.75 Å². The average molecular weight is 716 g/mol. The number of fused-ring (bicyclic) bond motifs is 1. The third kappa shape index (κ3) is 9.21. The van der Waals surface area contributed by atoms with E-state index < -0.39 is 42.9 Å². The first-order valence-corrected chi connectivity index (χ1v) is 18.4. The molecule has 3 N–H and O–H groups in total. The fourth-order valence-electron chi connectivity index (χ4n) is 5.27. The number of nitrogens with one attached hydrogen (secondary N) is 2. The van der Waals surface area contributed by atoms with Gasteiger partial charge in [0.05, 0.1) is 18.3 Å². The highest BCUT2D eigenvalue weighted by Gasteiger charge is 2.34. The Morgan fingerprint density at radius 1 is 1.10 bits per heavy atom.